The Morgan fingerprint density at radius 1 is 0.482 bits per heavy atom. The van der Waals surface area contributed by atoms with E-state index in [1.54, 1.807) is 36.4 Å². The van der Waals surface area contributed by atoms with Crippen LogP contribution in [0, 0.1) is 22.7 Å². The van der Waals surface area contributed by atoms with Crippen molar-refractivity contribution in [1.82, 2.24) is 9.13 Å². The van der Waals surface area contributed by atoms with Gasteiger partial charge in [0, 0.05) is 32.9 Å². The molecule has 0 spiro atoms. The Morgan fingerprint density at radius 3 is 1.23 bits per heavy atom. The molecule has 0 fully saturated rings. The van der Waals surface area contributed by atoms with Crippen LogP contribution in [0.4, 0.5) is 0 Å². The van der Waals surface area contributed by atoms with Crippen LogP contribution < -0.4 is 0 Å². The van der Waals surface area contributed by atoms with Crippen LogP contribution in [-0.4, -0.2) is 31.3 Å². The normalized spacial score (nSPS) is 12.2. The Bertz CT molecular complexity index is 2880. The van der Waals surface area contributed by atoms with Crippen molar-refractivity contribution in [1.29, 1.82) is 10.5 Å². The van der Waals surface area contributed by atoms with Crippen molar-refractivity contribution in [2.75, 3.05) is 0 Å². The van der Waals surface area contributed by atoms with Gasteiger partial charge in [-0.1, -0.05) is 97.1 Å². The topological polar surface area (TPSA) is 132 Å². The van der Waals surface area contributed by atoms with E-state index in [9.17, 15) is 9.59 Å². The van der Waals surface area contributed by atoms with E-state index in [4.69, 9.17) is 20.7 Å². The molecule has 0 aliphatic rings. The zero-order valence-electron chi connectivity index (χ0n) is 29.7. The van der Waals surface area contributed by atoms with Crippen molar-refractivity contribution >= 4 is 67.7 Å². The third kappa shape index (κ3) is 6.40. The molecule has 0 radical (unpaired) electrons. The Balaban J connectivity index is 1.10. The average molecular weight is 727 g/mol. The van der Waals surface area contributed by atoms with E-state index in [0.29, 0.717) is 0 Å². The molecule has 2 heterocycles. The first-order valence-corrected chi connectivity index (χ1v) is 17.7. The molecule has 0 saturated heterocycles. The van der Waals surface area contributed by atoms with Crippen molar-refractivity contribution in [3.8, 4) is 34.6 Å². The van der Waals surface area contributed by atoms with Gasteiger partial charge in [0.15, 0.2) is 0 Å². The minimum atomic E-state index is -1.26. The summed E-state index contributed by atoms with van der Waals surface area (Å²) in [5.74, 6) is -2.51. The minimum absolute atomic E-state index is 0.324. The van der Waals surface area contributed by atoms with Crippen molar-refractivity contribution in [2.45, 2.75) is 0 Å². The number of carboxylic acids is 2. The number of carboxylic acid groups (broad SMARTS) is 2. The summed E-state index contributed by atoms with van der Waals surface area (Å²) in [5.41, 5.74) is 9.53. The molecule has 0 aliphatic carbocycles. The number of carbonyl (C=O) groups is 2. The molecule has 8 rings (SSSR count). The van der Waals surface area contributed by atoms with Gasteiger partial charge in [0.2, 0.25) is 0 Å². The Morgan fingerprint density at radius 2 is 0.857 bits per heavy atom. The van der Waals surface area contributed by atoms with Crippen molar-refractivity contribution in [3.63, 3.8) is 0 Å². The van der Waals surface area contributed by atoms with Gasteiger partial charge >= 0.3 is 11.9 Å². The highest BCUT2D eigenvalue weighted by molar-refractivity contribution is 6.11. The quantitative estimate of drug-likeness (QED) is 0.0864. The number of allylic oxidation sites excluding steroid dienone is 4. The first-order valence-electron chi connectivity index (χ1n) is 17.7. The number of para-hydroxylation sites is 2. The number of rotatable bonds is 9. The monoisotopic (exact) mass is 726 g/mol. The maximum atomic E-state index is 11.2. The van der Waals surface area contributed by atoms with Gasteiger partial charge in [-0.05, 0) is 95.1 Å². The Hall–Kier alpha value is -8.20. The SMILES string of the molecule is N#CC(=CC=Cc1ccc2c(c1)c1ccccc1n2-c1ccc(-c2ccc(-n3c4ccccc4c4cc(C=CC=C(C#N)C(=O)O)ccc43)cc2)cc1)C(=O)O. The third-order valence-electron chi connectivity index (χ3n) is 9.78. The van der Waals surface area contributed by atoms with Crippen LogP contribution in [0.3, 0.4) is 0 Å². The number of benzene rings is 6. The predicted octanol–water partition coefficient (Wildman–Crippen LogP) is 10.6. The van der Waals surface area contributed by atoms with Crippen LogP contribution in [-0.2, 0) is 9.59 Å². The summed E-state index contributed by atoms with van der Waals surface area (Å²) in [6.07, 6.45) is 9.34. The van der Waals surface area contributed by atoms with Gasteiger partial charge in [0.05, 0.1) is 22.1 Å². The fourth-order valence-corrected chi connectivity index (χ4v) is 7.17. The van der Waals surface area contributed by atoms with Gasteiger partial charge < -0.3 is 19.3 Å². The number of nitriles is 2. The number of fused-ring (bicyclic) bond motifs is 6. The molecular formula is C48H30N4O4. The van der Waals surface area contributed by atoms with Crippen molar-refractivity contribution in [2.24, 2.45) is 0 Å². The van der Waals surface area contributed by atoms with Crippen LogP contribution in [0.2, 0.25) is 0 Å². The second kappa shape index (κ2) is 14.7. The van der Waals surface area contributed by atoms with Crippen molar-refractivity contribution < 1.29 is 19.8 Å². The lowest BCUT2D eigenvalue weighted by Crippen LogP contribution is -1.96. The van der Waals surface area contributed by atoms with E-state index < -0.39 is 11.9 Å². The largest absolute Gasteiger partial charge is 0.477 e. The molecule has 2 N–H and O–H groups in total. The van der Waals surface area contributed by atoms with E-state index in [1.807, 2.05) is 36.4 Å². The second-order valence-electron chi connectivity index (χ2n) is 13.1. The summed E-state index contributed by atoms with van der Waals surface area (Å²) in [4.78, 5) is 22.4. The summed E-state index contributed by atoms with van der Waals surface area (Å²) in [5, 5.41) is 40.7. The van der Waals surface area contributed by atoms with E-state index >= 15 is 0 Å². The number of aliphatic carboxylic acids is 2. The molecule has 6 aromatic carbocycles. The van der Waals surface area contributed by atoms with Crippen LogP contribution in [0.25, 0.3) is 78.3 Å². The van der Waals surface area contributed by atoms with E-state index in [1.165, 1.54) is 12.2 Å². The van der Waals surface area contributed by atoms with Gasteiger partial charge in [0.25, 0.3) is 0 Å². The number of hydrogen-bond donors (Lipinski definition) is 2. The van der Waals surface area contributed by atoms with Gasteiger partial charge in [-0.25, -0.2) is 9.59 Å². The molecule has 2 aromatic heterocycles. The zero-order valence-corrected chi connectivity index (χ0v) is 29.7. The lowest BCUT2D eigenvalue weighted by molar-refractivity contribution is -0.133. The highest BCUT2D eigenvalue weighted by Crippen LogP contribution is 2.36. The van der Waals surface area contributed by atoms with Crippen LogP contribution in [0.15, 0.2) is 169 Å². The van der Waals surface area contributed by atoms with Crippen molar-refractivity contribution in [3.05, 3.63) is 180 Å². The lowest BCUT2D eigenvalue weighted by Gasteiger charge is -2.11. The molecule has 0 atom stereocenters. The average Bonchev–Trinajstić information content (AvgIpc) is 3.73. The second-order valence-corrected chi connectivity index (χ2v) is 13.1. The molecule has 0 aliphatic heterocycles. The molecule has 0 saturated carbocycles. The smallest absolute Gasteiger partial charge is 0.346 e. The highest BCUT2D eigenvalue weighted by Gasteiger charge is 2.15. The molecule has 0 amide bonds. The number of nitrogens with zero attached hydrogens (tertiary/aromatic N) is 4. The molecule has 8 nitrogen and oxygen atoms in total. The lowest BCUT2D eigenvalue weighted by atomic mass is 10.0. The molecule has 0 unspecified atom stereocenters. The van der Waals surface area contributed by atoms with Crippen LogP contribution in [0.1, 0.15) is 11.1 Å². The van der Waals surface area contributed by atoms with Gasteiger partial charge in [-0.2, -0.15) is 10.5 Å². The standard InChI is InChI=1S/C48H30N4O4/c49-29-35(47(53)54)9-5-7-31-15-25-45-41(27-31)39-11-1-3-13-43(39)51(45)37-21-17-33(18-22-37)34-19-23-38(24-20-34)52-44-14-4-2-12-40(44)42-28-32(16-26-46(42)52)8-6-10-36(30-50)48(55)56/h1-28H,(H,53,54)(H,55,56). The first-order chi connectivity index (χ1) is 27.3. The third-order valence-corrected chi connectivity index (χ3v) is 9.78. The zero-order chi connectivity index (χ0) is 38.8. The Labute approximate surface area is 320 Å². The summed E-state index contributed by atoms with van der Waals surface area (Å²) >= 11 is 0. The fourth-order valence-electron chi connectivity index (χ4n) is 7.17. The van der Waals surface area contributed by atoms with E-state index in [-0.39, 0.29) is 11.1 Å². The van der Waals surface area contributed by atoms with E-state index in [0.717, 1.165) is 77.2 Å². The maximum absolute atomic E-state index is 11.2. The first kappa shape index (κ1) is 34.9. The van der Waals surface area contributed by atoms with Gasteiger partial charge in [-0.3, -0.25) is 0 Å². The molecule has 0 bridgehead atoms. The van der Waals surface area contributed by atoms with E-state index in [2.05, 4.69) is 106 Å². The molecular weight excluding hydrogens is 697 g/mol. The minimum Gasteiger partial charge on any atom is -0.477 e. The van der Waals surface area contributed by atoms with Gasteiger partial charge in [-0.15, -0.1) is 0 Å². The summed E-state index contributed by atoms with van der Waals surface area (Å²) in [7, 11) is 0. The van der Waals surface area contributed by atoms with Crippen LogP contribution in [0.5, 0.6) is 0 Å². The predicted molar refractivity (Wildman–Crippen MR) is 221 cm³/mol. The van der Waals surface area contributed by atoms with Gasteiger partial charge in [0.1, 0.15) is 23.3 Å². The number of aromatic nitrogens is 2. The summed E-state index contributed by atoms with van der Waals surface area (Å²) < 4.78 is 4.48. The molecule has 8 aromatic rings. The van der Waals surface area contributed by atoms with Crippen LogP contribution >= 0.6 is 0 Å². The molecule has 266 valence electrons. The Kier molecular flexibility index (Phi) is 9.13. The fraction of sp³-hybridized carbons (Fsp3) is 0. The highest BCUT2D eigenvalue weighted by atomic mass is 16.4. The number of hydrogen-bond acceptors (Lipinski definition) is 4. The molecule has 8 heteroatoms. The maximum Gasteiger partial charge on any atom is 0.346 e. The molecule has 56 heavy (non-hydrogen) atoms. The summed E-state index contributed by atoms with van der Waals surface area (Å²) in [6.45, 7) is 0. The summed E-state index contributed by atoms with van der Waals surface area (Å²) in [6, 6.07) is 49.1.